The first kappa shape index (κ1) is 16.6. The first-order valence-electron chi connectivity index (χ1n) is 8.04. The standard InChI is InChI=1S/C20H15NO4S/c1-11-14-9-12(10-16-19(23)21-20(24)26-16)7-8-15(14)25-18(11)17(22)13-5-3-2-4-6-13/h2-10,17,22H,1H3,(H,21,23,24)/b16-10-. The Morgan fingerprint density at radius 1 is 1.15 bits per heavy atom. The van der Waals surface area contributed by atoms with Gasteiger partial charge in [0, 0.05) is 10.9 Å². The van der Waals surface area contributed by atoms with Gasteiger partial charge in [-0.3, -0.25) is 14.9 Å². The fourth-order valence-corrected chi connectivity index (χ4v) is 3.65. The molecule has 2 amide bonds. The van der Waals surface area contributed by atoms with Crippen LogP contribution in [-0.4, -0.2) is 16.3 Å². The van der Waals surface area contributed by atoms with E-state index in [-0.39, 0.29) is 11.1 Å². The zero-order valence-electron chi connectivity index (χ0n) is 13.9. The van der Waals surface area contributed by atoms with E-state index in [1.165, 1.54) is 0 Å². The van der Waals surface area contributed by atoms with Crippen LogP contribution >= 0.6 is 11.8 Å². The van der Waals surface area contributed by atoms with Crippen LogP contribution in [0.15, 0.2) is 57.9 Å². The molecular weight excluding hydrogens is 350 g/mol. The molecule has 1 unspecified atom stereocenters. The fourth-order valence-electron chi connectivity index (χ4n) is 2.97. The number of carbonyl (C=O) groups is 2. The molecule has 26 heavy (non-hydrogen) atoms. The van der Waals surface area contributed by atoms with Gasteiger partial charge >= 0.3 is 0 Å². The predicted octanol–water partition coefficient (Wildman–Crippen LogP) is 4.15. The van der Waals surface area contributed by atoms with Crippen LogP contribution in [0, 0.1) is 6.92 Å². The number of amides is 2. The summed E-state index contributed by atoms with van der Waals surface area (Å²) in [6.07, 6.45) is 0.823. The smallest absolute Gasteiger partial charge is 0.290 e. The monoisotopic (exact) mass is 365 g/mol. The summed E-state index contributed by atoms with van der Waals surface area (Å²) in [7, 11) is 0. The summed E-state index contributed by atoms with van der Waals surface area (Å²) in [5, 5.41) is 13.4. The molecule has 4 rings (SSSR count). The molecule has 6 heteroatoms. The normalized spacial score (nSPS) is 17.1. The highest BCUT2D eigenvalue weighted by Crippen LogP contribution is 2.34. The Morgan fingerprint density at radius 2 is 1.92 bits per heavy atom. The van der Waals surface area contributed by atoms with E-state index in [2.05, 4.69) is 5.32 Å². The quantitative estimate of drug-likeness (QED) is 0.682. The van der Waals surface area contributed by atoms with E-state index in [1.54, 1.807) is 12.1 Å². The largest absolute Gasteiger partial charge is 0.458 e. The van der Waals surface area contributed by atoms with Crippen molar-refractivity contribution in [3.05, 3.63) is 75.9 Å². The summed E-state index contributed by atoms with van der Waals surface area (Å²) in [5.41, 5.74) is 3.05. The summed E-state index contributed by atoms with van der Waals surface area (Å²) in [6, 6.07) is 14.8. The van der Waals surface area contributed by atoms with Gasteiger partial charge in [-0.1, -0.05) is 36.4 Å². The average Bonchev–Trinajstić information content (AvgIpc) is 3.14. The number of fused-ring (bicyclic) bond motifs is 1. The Hall–Kier alpha value is -2.83. The summed E-state index contributed by atoms with van der Waals surface area (Å²) in [4.78, 5) is 23.3. The van der Waals surface area contributed by atoms with Gasteiger partial charge in [0.25, 0.3) is 11.1 Å². The number of benzene rings is 2. The van der Waals surface area contributed by atoms with Crippen LogP contribution in [0.1, 0.15) is 28.6 Å². The lowest BCUT2D eigenvalue weighted by Crippen LogP contribution is -2.17. The summed E-state index contributed by atoms with van der Waals surface area (Å²) in [5.74, 6) is 0.114. The molecule has 2 heterocycles. The van der Waals surface area contributed by atoms with Gasteiger partial charge in [0.05, 0.1) is 4.91 Å². The van der Waals surface area contributed by atoms with Crippen molar-refractivity contribution in [2.45, 2.75) is 13.0 Å². The second kappa shape index (κ2) is 6.48. The molecule has 0 bridgehead atoms. The number of aliphatic hydroxyl groups is 1. The van der Waals surface area contributed by atoms with Gasteiger partial charge in [0.1, 0.15) is 17.4 Å². The lowest BCUT2D eigenvalue weighted by molar-refractivity contribution is -0.115. The number of aryl methyl sites for hydroxylation is 1. The third-order valence-electron chi connectivity index (χ3n) is 4.30. The van der Waals surface area contributed by atoms with E-state index in [9.17, 15) is 14.7 Å². The minimum Gasteiger partial charge on any atom is -0.458 e. The van der Waals surface area contributed by atoms with Crippen LogP contribution in [0.2, 0.25) is 0 Å². The Kier molecular flexibility index (Phi) is 4.14. The zero-order valence-corrected chi connectivity index (χ0v) is 14.7. The van der Waals surface area contributed by atoms with Crippen molar-refractivity contribution in [1.82, 2.24) is 5.32 Å². The average molecular weight is 365 g/mol. The first-order chi connectivity index (χ1) is 12.5. The Bertz CT molecular complexity index is 1050. The van der Waals surface area contributed by atoms with E-state index in [0.717, 1.165) is 33.8 Å². The van der Waals surface area contributed by atoms with Crippen LogP contribution in [0.5, 0.6) is 0 Å². The molecule has 3 aromatic rings. The van der Waals surface area contributed by atoms with Crippen molar-refractivity contribution in [2.75, 3.05) is 0 Å². The molecule has 1 atom stereocenters. The van der Waals surface area contributed by atoms with E-state index in [0.29, 0.717) is 16.2 Å². The number of aliphatic hydroxyl groups excluding tert-OH is 1. The molecule has 1 fully saturated rings. The molecule has 130 valence electrons. The molecule has 1 saturated heterocycles. The van der Waals surface area contributed by atoms with E-state index >= 15 is 0 Å². The second-order valence-electron chi connectivity index (χ2n) is 6.01. The van der Waals surface area contributed by atoms with Crippen molar-refractivity contribution in [2.24, 2.45) is 0 Å². The number of hydrogen-bond acceptors (Lipinski definition) is 5. The Balaban J connectivity index is 1.73. The molecule has 2 aromatic carbocycles. The third kappa shape index (κ3) is 2.94. The van der Waals surface area contributed by atoms with E-state index < -0.39 is 6.10 Å². The molecular formula is C20H15NO4S. The van der Waals surface area contributed by atoms with Crippen LogP contribution < -0.4 is 5.32 Å². The molecule has 5 nitrogen and oxygen atoms in total. The van der Waals surface area contributed by atoms with Gasteiger partial charge in [-0.2, -0.15) is 0 Å². The Labute approximate surface area is 153 Å². The Morgan fingerprint density at radius 3 is 2.62 bits per heavy atom. The van der Waals surface area contributed by atoms with Crippen molar-refractivity contribution in [3.63, 3.8) is 0 Å². The van der Waals surface area contributed by atoms with Crippen LogP contribution in [0.25, 0.3) is 17.0 Å². The lowest BCUT2D eigenvalue weighted by Gasteiger charge is -2.08. The van der Waals surface area contributed by atoms with Crippen molar-refractivity contribution < 1.29 is 19.1 Å². The van der Waals surface area contributed by atoms with Gasteiger partial charge in [-0.15, -0.1) is 0 Å². The lowest BCUT2D eigenvalue weighted by atomic mass is 10.0. The topological polar surface area (TPSA) is 79.5 Å². The van der Waals surface area contributed by atoms with E-state index in [4.69, 9.17) is 4.42 Å². The van der Waals surface area contributed by atoms with Crippen molar-refractivity contribution >= 4 is 40.0 Å². The second-order valence-corrected chi connectivity index (χ2v) is 7.03. The number of rotatable bonds is 3. The highest BCUT2D eigenvalue weighted by Gasteiger charge is 2.25. The predicted molar refractivity (Wildman–Crippen MR) is 101 cm³/mol. The van der Waals surface area contributed by atoms with Crippen molar-refractivity contribution in [1.29, 1.82) is 0 Å². The maximum absolute atomic E-state index is 11.7. The third-order valence-corrected chi connectivity index (χ3v) is 5.11. The van der Waals surface area contributed by atoms with E-state index in [1.807, 2.05) is 49.4 Å². The summed E-state index contributed by atoms with van der Waals surface area (Å²) >= 11 is 0.884. The maximum atomic E-state index is 11.7. The van der Waals surface area contributed by atoms with Gasteiger partial charge in [0.15, 0.2) is 0 Å². The molecule has 1 aliphatic heterocycles. The first-order valence-corrected chi connectivity index (χ1v) is 8.85. The van der Waals surface area contributed by atoms with Gasteiger partial charge < -0.3 is 9.52 Å². The van der Waals surface area contributed by atoms with Crippen LogP contribution in [0.4, 0.5) is 4.79 Å². The molecule has 0 saturated carbocycles. The molecule has 0 spiro atoms. The number of carbonyl (C=O) groups excluding carboxylic acids is 2. The van der Waals surface area contributed by atoms with Crippen LogP contribution in [0.3, 0.4) is 0 Å². The van der Waals surface area contributed by atoms with Crippen molar-refractivity contribution in [3.8, 4) is 0 Å². The SMILES string of the molecule is Cc1c(C(O)c2ccccc2)oc2ccc(/C=C3\SC(=O)NC3=O)cc12. The highest BCUT2D eigenvalue weighted by atomic mass is 32.2. The maximum Gasteiger partial charge on any atom is 0.290 e. The summed E-state index contributed by atoms with van der Waals surface area (Å²) < 4.78 is 5.87. The number of hydrogen-bond donors (Lipinski definition) is 2. The highest BCUT2D eigenvalue weighted by molar-refractivity contribution is 8.18. The molecule has 0 aliphatic carbocycles. The molecule has 1 aliphatic rings. The van der Waals surface area contributed by atoms with Gasteiger partial charge in [-0.05, 0) is 48.0 Å². The minimum atomic E-state index is -0.848. The summed E-state index contributed by atoms with van der Waals surface area (Å²) in [6.45, 7) is 1.89. The molecule has 2 N–H and O–H groups in total. The fraction of sp³-hybridized carbons (Fsp3) is 0.100. The minimum absolute atomic E-state index is 0.361. The molecule has 1 aromatic heterocycles. The number of imide groups is 1. The van der Waals surface area contributed by atoms with Gasteiger partial charge in [-0.25, -0.2) is 0 Å². The molecule has 0 radical (unpaired) electrons. The number of nitrogens with one attached hydrogen (secondary N) is 1. The number of thioether (sulfide) groups is 1. The van der Waals surface area contributed by atoms with Crippen LogP contribution in [-0.2, 0) is 4.79 Å². The zero-order chi connectivity index (χ0) is 18.3. The van der Waals surface area contributed by atoms with Gasteiger partial charge in [0.2, 0.25) is 0 Å². The number of furan rings is 1.